The third-order valence-corrected chi connectivity index (χ3v) is 17.7. The summed E-state index contributed by atoms with van der Waals surface area (Å²) in [6.45, 7) is 0. The molecule has 0 bridgehead atoms. The van der Waals surface area contributed by atoms with Crippen molar-refractivity contribution in [3.8, 4) is 55.6 Å². The summed E-state index contributed by atoms with van der Waals surface area (Å²) in [4.78, 5) is 0. The van der Waals surface area contributed by atoms with Crippen LogP contribution in [-0.2, 0) is 0 Å². The molecule has 0 amide bonds. The van der Waals surface area contributed by atoms with Gasteiger partial charge in [0.25, 0.3) is 0 Å². The number of hydrogen-bond donors (Lipinski definition) is 0. The fourth-order valence-electron chi connectivity index (χ4n) is 14.1. The van der Waals surface area contributed by atoms with Crippen molar-refractivity contribution in [3.63, 3.8) is 0 Å². The fourth-order valence-corrected chi connectivity index (χ4v) is 14.1. The summed E-state index contributed by atoms with van der Waals surface area (Å²) in [6, 6.07) is 103. The van der Waals surface area contributed by atoms with Crippen LogP contribution >= 0.6 is 0 Å². The van der Waals surface area contributed by atoms with Gasteiger partial charge < -0.3 is 8.83 Å². The first-order valence-corrected chi connectivity index (χ1v) is 28.3. The van der Waals surface area contributed by atoms with Gasteiger partial charge in [-0.1, -0.05) is 224 Å². The van der Waals surface area contributed by atoms with E-state index in [0.29, 0.717) is 0 Å². The van der Waals surface area contributed by atoms with Gasteiger partial charge in [0.05, 0.1) is 0 Å². The first-order valence-electron chi connectivity index (χ1n) is 28.3. The Kier molecular flexibility index (Phi) is 9.54. The minimum absolute atomic E-state index is 0.869. The van der Waals surface area contributed by atoms with Gasteiger partial charge in [0.2, 0.25) is 0 Å². The lowest BCUT2D eigenvalue weighted by molar-refractivity contribution is 0.669. The molecule has 2 heterocycles. The number of benzene rings is 16. The molecule has 0 atom stereocenters. The van der Waals surface area contributed by atoms with Gasteiger partial charge in [-0.05, 0) is 196 Å². The lowest BCUT2D eigenvalue weighted by Crippen LogP contribution is -1.92. The van der Waals surface area contributed by atoms with Crippen molar-refractivity contribution in [2.45, 2.75) is 0 Å². The van der Waals surface area contributed by atoms with Crippen LogP contribution in [0.4, 0.5) is 0 Å². The first kappa shape index (κ1) is 45.1. The number of fused-ring (bicyclic) bond motifs is 14. The van der Waals surface area contributed by atoms with Crippen LogP contribution in [-0.4, -0.2) is 0 Å². The van der Waals surface area contributed by atoms with Crippen molar-refractivity contribution in [1.82, 2.24) is 0 Å². The molecule has 0 spiro atoms. The zero-order chi connectivity index (χ0) is 53.6. The molecule has 0 unspecified atom stereocenters. The maximum atomic E-state index is 6.95. The monoisotopic (exact) mass is 1040 g/mol. The van der Waals surface area contributed by atoms with Gasteiger partial charge in [-0.15, -0.1) is 0 Å². The van der Waals surface area contributed by atoms with E-state index < -0.39 is 0 Å². The molecule has 16 aromatic carbocycles. The van der Waals surface area contributed by atoms with Crippen LogP contribution in [0.5, 0.6) is 0 Å². The third kappa shape index (κ3) is 6.64. The zero-order valence-electron chi connectivity index (χ0n) is 44.4. The molecule has 0 aliphatic carbocycles. The molecular formula is C80H46O2. The molecular weight excluding hydrogens is 993 g/mol. The summed E-state index contributed by atoms with van der Waals surface area (Å²) < 4.78 is 13.7. The molecule has 18 aromatic rings. The Balaban J connectivity index is 0.842. The summed E-state index contributed by atoms with van der Waals surface area (Å²) in [5.41, 5.74) is 15.5. The maximum absolute atomic E-state index is 6.95. The Morgan fingerprint density at radius 3 is 1.17 bits per heavy atom. The minimum Gasteiger partial charge on any atom is -0.456 e. The summed E-state index contributed by atoms with van der Waals surface area (Å²) >= 11 is 0. The van der Waals surface area contributed by atoms with Crippen LogP contribution in [0.2, 0.25) is 0 Å². The lowest BCUT2D eigenvalue weighted by atomic mass is 9.83. The van der Waals surface area contributed by atoms with Crippen molar-refractivity contribution in [1.29, 1.82) is 0 Å². The Hall–Kier alpha value is -10.8. The van der Waals surface area contributed by atoms with E-state index in [0.717, 1.165) is 71.3 Å². The number of furan rings is 2. The van der Waals surface area contributed by atoms with Gasteiger partial charge in [-0.25, -0.2) is 0 Å². The van der Waals surface area contributed by atoms with Crippen molar-refractivity contribution in [2.75, 3.05) is 0 Å². The van der Waals surface area contributed by atoms with E-state index in [2.05, 4.69) is 279 Å². The largest absolute Gasteiger partial charge is 0.456 e. The molecule has 82 heavy (non-hydrogen) atoms. The third-order valence-electron chi connectivity index (χ3n) is 17.7. The minimum atomic E-state index is 0.869. The Morgan fingerprint density at radius 2 is 0.549 bits per heavy atom. The number of rotatable bonds is 5. The molecule has 0 aliphatic heterocycles. The summed E-state index contributed by atoms with van der Waals surface area (Å²) in [5, 5.41) is 23.8. The summed E-state index contributed by atoms with van der Waals surface area (Å²) in [7, 11) is 0. The topological polar surface area (TPSA) is 26.3 Å². The maximum Gasteiger partial charge on any atom is 0.136 e. The van der Waals surface area contributed by atoms with E-state index in [4.69, 9.17) is 8.83 Å². The highest BCUT2D eigenvalue weighted by molar-refractivity contribution is 6.29. The summed E-state index contributed by atoms with van der Waals surface area (Å²) in [6.07, 6.45) is 0. The molecule has 2 aromatic heterocycles. The SMILES string of the molecule is c1ccc2cc(-c3c4ccccc4c(-c4cccc5oc6cc7ccccc7cc6c45)c4cc(-c5ccc6cc7c(cc6c5)oc5cccc(-c6c8ccccc8c(-c8cccc9ccccc89)c8ccccc68)c57)ccc34)ccc2c1. The van der Waals surface area contributed by atoms with Crippen LogP contribution in [0.25, 0.3) is 186 Å². The Labute approximate surface area is 470 Å². The first-order chi connectivity index (χ1) is 40.6. The van der Waals surface area contributed by atoms with Crippen molar-refractivity contribution >= 4 is 130 Å². The molecule has 2 nitrogen and oxygen atoms in total. The van der Waals surface area contributed by atoms with E-state index in [9.17, 15) is 0 Å². The average molecular weight is 1040 g/mol. The highest BCUT2D eigenvalue weighted by Gasteiger charge is 2.24. The predicted octanol–water partition coefficient (Wildman–Crippen LogP) is 23.0. The van der Waals surface area contributed by atoms with Gasteiger partial charge in [-0.2, -0.15) is 0 Å². The van der Waals surface area contributed by atoms with E-state index in [-0.39, 0.29) is 0 Å². The Bertz CT molecular complexity index is 5710. The molecule has 0 fully saturated rings. The van der Waals surface area contributed by atoms with Gasteiger partial charge in [0, 0.05) is 21.5 Å². The van der Waals surface area contributed by atoms with Gasteiger partial charge in [0.1, 0.15) is 22.3 Å². The molecule has 0 N–H and O–H groups in total. The van der Waals surface area contributed by atoms with Crippen molar-refractivity contribution < 1.29 is 8.83 Å². The highest BCUT2D eigenvalue weighted by atomic mass is 16.3. The van der Waals surface area contributed by atoms with Crippen LogP contribution in [0.1, 0.15) is 0 Å². The zero-order valence-corrected chi connectivity index (χ0v) is 44.4. The average Bonchev–Trinajstić information content (AvgIpc) is 4.14. The van der Waals surface area contributed by atoms with Gasteiger partial charge in [0.15, 0.2) is 0 Å². The molecule has 378 valence electrons. The van der Waals surface area contributed by atoms with Crippen LogP contribution in [0, 0.1) is 0 Å². The smallest absolute Gasteiger partial charge is 0.136 e. The van der Waals surface area contributed by atoms with Crippen LogP contribution in [0.15, 0.2) is 288 Å². The van der Waals surface area contributed by atoms with Gasteiger partial charge in [-0.3, -0.25) is 0 Å². The second-order valence-corrected chi connectivity index (χ2v) is 22.2. The normalized spacial score (nSPS) is 12.1. The highest BCUT2D eigenvalue weighted by Crippen LogP contribution is 2.51. The second kappa shape index (κ2) is 17.3. The van der Waals surface area contributed by atoms with Crippen molar-refractivity contribution in [3.05, 3.63) is 279 Å². The van der Waals surface area contributed by atoms with Crippen LogP contribution < -0.4 is 0 Å². The predicted molar refractivity (Wildman–Crippen MR) is 348 cm³/mol. The molecule has 0 saturated carbocycles. The van der Waals surface area contributed by atoms with E-state index in [1.54, 1.807) is 0 Å². The van der Waals surface area contributed by atoms with Gasteiger partial charge >= 0.3 is 0 Å². The number of hydrogen-bond acceptors (Lipinski definition) is 2. The molecule has 2 heteroatoms. The molecule has 18 rings (SSSR count). The van der Waals surface area contributed by atoms with Crippen molar-refractivity contribution in [2.24, 2.45) is 0 Å². The fraction of sp³-hybridized carbons (Fsp3) is 0. The quantitative estimate of drug-likeness (QED) is 0.161. The van der Waals surface area contributed by atoms with Crippen LogP contribution in [0.3, 0.4) is 0 Å². The van der Waals surface area contributed by atoms with E-state index in [1.807, 2.05) is 0 Å². The Morgan fingerprint density at radius 1 is 0.171 bits per heavy atom. The molecule has 0 saturated heterocycles. The summed E-state index contributed by atoms with van der Waals surface area (Å²) in [5.74, 6) is 0. The second-order valence-electron chi connectivity index (χ2n) is 22.2. The lowest BCUT2D eigenvalue weighted by Gasteiger charge is -2.19. The van der Waals surface area contributed by atoms with E-state index in [1.165, 1.54) is 114 Å². The standard InChI is InChI=1S/C80H46O2/c1-2-18-49-40-55(37-34-47(49)16-1)75-59-23-7-8-24-60(59)78(67-31-15-33-72-80(67)69-43-50-19-3-4-20-51(50)45-73(69)81-72)68-42-53(38-39-65(68)75)52-35-36-54-44-70-74(46-56(54)41-52)82-71-32-14-30-66(79(70)71)77-63-27-11-9-25-61(63)76(62-26-10-12-28-64(62)77)58-29-13-21-48-17-5-6-22-57(48)58/h1-46H. The molecule has 0 radical (unpaired) electrons. The molecule has 0 aliphatic rings. The van der Waals surface area contributed by atoms with E-state index >= 15 is 0 Å².